The van der Waals surface area contributed by atoms with Crippen molar-refractivity contribution >= 4 is 11.9 Å². The lowest BCUT2D eigenvalue weighted by Crippen LogP contribution is -2.26. The minimum Gasteiger partial charge on any atom is -0.496 e. The van der Waals surface area contributed by atoms with Gasteiger partial charge in [0.05, 0.1) is 12.7 Å². The van der Waals surface area contributed by atoms with E-state index in [4.69, 9.17) is 4.74 Å². The second-order valence-corrected chi connectivity index (χ2v) is 6.63. The number of nitrogens with zero attached hydrogens (tertiary/aromatic N) is 2. The molecule has 0 fully saturated rings. The summed E-state index contributed by atoms with van der Waals surface area (Å²) in [5.74, 6) is 1.17. The predicted octanol–water partition coefficient (Wildman–Crippen LogP) is 3.50. The maximum atomic E-state index is 12.3. The number of ether oxygens (including phenoxy) is 1. The third-order valence-electron chi connectivity index (χ3n) is 4.55. The van der Waals surface area contributed by atoms with Gasteiger partial charge in [0.15, 0.2) is 0 Å². The highest BCUT2D eigenvalue weighted by atomic mass is 16.5. The summed E-state index contributed by atoms with van der Waals surface area (Å²) in [7, 11) is 1.64. The lowest BCUT2D eigenvalue weighted by molar-refractivity contribution is 0.0953. The van der Waals surface area contributed by atoms with Gasteiger partial charge in [0.25, 0.3) is 5.91 Å². The van der Waals surface area contributed by atoms with E-state index in [0.717, 1.165) is 30.7 Å². The Labute approximate surface area is 171 Å². The van der Waals surface area contributed by atoms with Crippen LogP contribution in [0.4, 0.5) is 5.95 Å². The average molecular weight is 390 g/mol. The topological polar surface area (TPSA) is 76.1 Å². The van der Waals surface area contributed by atoms with E-state index in [0.29, 0.717) is 24.5 Å². The molecule has 2 N–H and O–H groups in total. The Kier molecular flexibility index (Phi) is 7.57. The largest absolute Gasteiger partial charge is 0.496 e. The summed E-state index contributed by atoms with van der Waals surface area (Å²) in [6.07, 6.45) is 5.77. The van der Waals surface area contributed by atoms with Crippen molar-refractivity contribution in [2.45, 2.75) is 19.3 Å². The molecule has 0 saturated heterocycles. The Morgan fingerprint density at radius 1 is 0.931 bits per heavy atom. The Morgan fingerprint density at radius 3 is 2.41 bits per heavy atom. The zero-order valence-electron chi connectivity index (χ0n) is 16.6. The van der Waals surface area contributed by atoms with Crippen LogP contribution in [0.3, 0.4) is 0 Å². The van der Waals surface area contributed by atoms with E-state index < -0.39 is 0 Å². The second kappa shape index (κ2) is 10.8. The predicted molar refractivity (Wildman–Crippen MR) is 114 cm³/mol. The molecule has 0 aliphatic carbocycles. The highest BCUT2D eigenvalue weighted by Crippen LogP contribution is 2.17. The van der Waals surface area contributed by atoms with E-state index in [9.17, 15) is 4.79 Å². The number of methoxy groups -OCH3 is 1. The number of amides is 1. The minimum atomic E-state index is -0.185. The smallest absolute Gasteiger partial charge is 0.254 e. The van der Waals surface area contributed by atoms with E-state index >= 15 is 0 Å². The van der Waals surface area contributed by atoms with Gasteiger partial charge in [-0.05, 0) is 36.5 Å². The Bertz CT molecular complexity index is 898. The van der Waals surface area contributed by atoms with Crippen molar-refractivity contribution in [1.29, 1.82) is 0 Å². The Balaban J connectivity index is 1.40. The average Bonchev–Trinajstić information content (AvgIpc) is 2.78. The van der Waals surface area contributed by atoms with Crippen molar-refractivity contribution in [1.82, 2.24) is 15.3 Å². The molecule has 6 nitrogen and oxygen atoms in total. The third-order valence-corrected chi connectivity index (χ3v) is 4.55. The van der Waals surface area contributed by atoms with Crippen molar-refractivity contribution in [3.05, 3.63) is 83.7 Å². The monoisotopic (exact) mass is 390 g/mol. The molecule has 1 amide bonds. The first-order valence-electron chi connectivity index (χ1n) is 9.76. The minimum absolute atomic E-state index is 0.185. The molecule has 0 atom stereocenters. The highest BCUT2D eigenvalue weighted by Gasteiger charge is 2.08. The fourth-order valence-electron chi connectivity index (χ4n) is 3.00. The number of hydrogen-bond acceptors (Lipinski definition) is 5. The number of rotatable bonds is 10. The van der Waals surface area contributed by atoms with E-state index in [-0.39, 0.29) is 5.91 Å². The summed E-state index contributed by atoms with van der Waals surface area (Å²) in [6.45, 7) is 1.29. The molecule has 0 radical (unpaired) electrons. The number of carbonyl (C=O) groups is 1. The van der Waals surface area contributed by atoms with Gasteiger partial charge in [-0.1, -0.05) is 48.5 Å². The molecule has 29 heavy (non-hydrogen) atoms. The number of anilines is 1. The summed E-state index contributed by atoms with van der Waals surface area (Å²) in [4.78, 5) is 20.7. The van der Waals surface area contributed by atoms with E-state index in [1.54, 1.807) is 19.5 Å². The lowest BCUT2D eigenvalue weighted by atomic mass is 10.1. The van der Waals surface area contributed by atoms with Gasteiger partial charge in [-0.25, -0.2) is 9.97 Å². The van der Waals surface area contributed by atoms with Crippen LogP contribution in [-0.4, -0.2) is 36.1 Å². The lowest BCUT2D eigenvalue weighted by Gasteiger charge is -2.09. The molecule has 3 aromatic rings. The van der Waals surface area contributed by atoms with Crippen LogP contribution in [-0.2, 0) is 12.8 Å². The molecule has 6 heteroatoms. The van der Waals surface area contributed by atoms with E-state index in [1.807, 2.05) is 42.5 Å². The van der Waals surface area contributed by atoms with Crippen LogP contribution >= 0.6 is 0 Å². The van der Waals surface area contributed by atoms with Crippen LogP contribution in [0.2, 0.25) is 0 Å². The molecule has 0 unspecified atom stereocenters. The first kappa shape index (κ1) is 20.3. The van der Waals surface area contributed by atoms with Crippen molar-refractivity contribution in [3.63, 3.8) is 0 Å². The normalized spacial score (nSPS) is 10.4. The van der Waals surface area contributed by atoms with Crippen molar-refractivity contribution in [2.75, 3.05) is 25.5 Å². The standard InChI is InChI=1S/C23H26N4O2/c1-29-21-12-6-5-11-19(21)13-15-24-22(28)20-16-26-23(27-17-20)25-14-7-10-18-8-3-2-4-9-18/h2-6,8-9,11-12,16-17H,7,10,13-15H2,1H3,(H,24,28)(H,25,26,27). The van der Waals surface area contributed by atoms with Crippen molar-refractivity contribution < 1.29 is 9.53 Å². The number of aryl methyl sites for hydroxylation is 1. The molecule has 0 aliphatic rings. The van der Waals surface area contributed by atoms with Crippen LogP contribution in [0.1, 0.15) is 27.9 Å². The fourth-order valence-corrected chi connectivity index (χ4v) is 3.00. The maximum Gasteiger partial charge on any atom is 0.254 e. The third kappa shape index (κ3) is 6.31. The SMILES string of the molecule is COc1ccccc1CCNC(=O)c1cnc(NCCCc2ccccc2)nc1. The molecular weight excluding hydrogens is 364 g/mol. The number of para-hydroxylation sites is 1. The van der Waals surface area contributed by atoms with Gasteiger partial charge in [-0.2, -0.15) is 0 Å². The molecule has 0 saturated carbocycles. The quantitative estimate of drug-likeness (QED) is 0.518. The molecule has 0 aliphatic heterocycles. The number of carbonyl (C=O) groups excluding carboxylic acids is 1. The van der Waals surface area contributed by atoms with E-state index in [1.165, 1.54) is 5.56 Å². The first-order valence-corrected chi connectivity index (χ1v) is 9.76. The van der Waals surface area contributed by atoms with Gasteiger partial charge in [0.2, 0.25) is 5.95 Å². The summed E-state index contributed by atoms with van der Waals surface area (Å²) in [5.41, 5.74) is 2.82. The molecule has 150 valence electrons. The molecular formula is C23H26N4O2. The zero-order valence-corrected chi connectivity index (χ0v) is 16.6. The highest BCUT2D eigenvalue weighted by molar-refractivity contribution is 5.93. The van der Waals surface area contributed by atoms with Gasteiger partial charge >= 0.3 is 0 Å². The molecule has 2 aromatic carbocycles. The van der Waals surface area contributed by atoms with Crippen LogP contribution in [0.15, 0.2) is 67.0 Å². The number of aromatic nitrogens is 2. The van der Waals surface area contributed by atoms with Crippen LogP contribution < -0.4 is 15.4 Å². The molecule has 0 spiro atoms. The Morgan fingerprint density at radius 2 is 1.66 bits per heavy atom. The number of benzene rings is 2. The van der Waals surface area contributed by atoms with Crippen LogP contribution in [0.25, 0.3) is 0 Å². The summed E-state index contributed by atoms with van der Waals surface area (Å²) in [5, 5.41) is 6.08. The van der Waals surface area contributed by atoms with Gasteiger partial charge in [-0.3, -0.25) is 4.79 Å². The zero-order chi connectivity index (χ0) is 20.3. The fraction of sp³-hybridized carbons (Fsp3) is 0.261. The Hall–Kier alpha value is -3.41. The van der Waals surface area contributed by atoms with Gasteiger partial charge in [0.1, 0.15) is 5.75 Å². The number of nitrogens with one attached hydrogen (secondary N) is 2. The second-order valence-electron chi connectivity index (χ2n) is 6.63. The van der Waals surface area contributed by atoms with E-state index in [2.05, 4.69) is 32.7 Å². The first-order chi connectivity index (χ1) is 14.3. The summed E-state index contributed by atoms with van der Waals surface area (Å²) >= 11 is 0. The summed E-state index contributed by atoms with van der Waals surface area (Å²) in [6, 6.07) is 18.1. The molecule has 1 aromatic heterocycles. The molecule has 0 bridgehead atoms. The summed E-state index contributed by atoms with van der Waals surface area (Å²) < 4.78 is 5.33. The molecule has 3 rings (SSSR count). The van der Waals surface area contributed by atoms with Gasteiger partial charge in [-0.15, -0.1) is 0 Å². The van der Waals surface area contributed by atoms with Gasteiger partial charge in [0, 0.05) is 25.5 Å². The van der Waals surface area contributed by atoms with Crippen LogP contribution in [0.5, 0.6) is 5.75 Å². The number of hydrogen-bond donors (Lipinski definition) is 2. The van der Waals surface area contributed by atoms with Crippen molar-refractivity contribution in [3.8, 4) is 5.75 Å². The van der Waals surface area contributed by atoms with Gasteiger partial charge < -0.3 is 15.4 Å². The van der Waals surface area contributed by atoms with Crippen LogP contribution in [0, 0.1) is 0 Å². The molecule has 1 heterocycles. The van der Waals surface area contributed by atoms with Crippen molar-refractivity contribution in [2.24, 2.45) is 0 Å². The maximum absolute atomic E-state index is 12.3.